The molecule has 1 N–H and O–H groups in total. The third-order valence-corrected chi connectivity index (χ3v) is 6.75. The van der Waals surface area contributed by atoms with Crippen molar-refractivity contribution in [1.82, 2.24) is 15.1 Å². The molecule has 0 radical (unpaired) electrons. The molecule has 0 aliphatic carbocycles. The average molecular weight is 394 g/mol. The molecule has 29 heavy (non-hydrogen) atoms. The highest BCUT2D eigenvalue weighted by molar-refractivity contribution is 5.18. The maximum absolute atomic E-state index is 5.74. The van der Waals surface area contributed by atoms with Crippen LogP contribution in [0.2, 0.25) is 0 Å². The zero-order valence-corrected chi connectivity index (χ0v) is 17.7. The molecule has 2 saturated heterocycles. The van der Waals surface area contributed by atoms with Gasteiger partial charge in [0, 0.05) is 64.1 Å². The van der Waals surface area contributed by atoms with Gasteiger partial charge in [-0.15, -0.1) is 0 Å². The van der Waals surface area contributed by atoms with Crippen LogP contribution in [0.15, 0.2) is 60.7 Å². The van der Waals surface area contributed by atoms with E-state index >= 15 is 0 Å². The van der Waals surface area contributed by atoms with Crippen LogP contribution in [0.25, 0.3) is 0 Å². The molecule has 0 bridgehead atoms. The van der Waals surface area contributed by atoms with Gasteiger partial charge in [-0.1, -0.05) is 60.7 Å². The third-order valence-electron chi connectivity index (χ3n) is 6.75. The number of ether oxygens (including phenoxy) is 1. The second kappa shape index (κ2) is 9.86. The van der Waals surface area contributed by atoms with Crippen molar-refractivity contribution in [2.24, 2.45) is 0 Å². The predicted octanol–water partition coefficient (Wildman–Crippen LogP) is 3.70. The Balaban J connectivity index is 1.35. The van der Waals surface area contributed by atoms with Crippen LogP contribution in [0.4, 0.5) is 0 Å². The Morgan fingerprint density at radius 1 is 0.897 bits per heavy atom. The van der Waals surface area contributed by atoms with Crippen LogP contribution in [0.3, 0.4) is 0 Å². The van der Waals surface area contributed by atoms with Gasteiger partial charge in [-0.3, -0.25) is 9.80 Å². The maximum Gasteiger partial charge on any atom is 0.0484 e. The number of piperazine rings is 1. The van der Waals surface area contributed by atoms with E-state index in [-0.39, 0.29) is 5.54 Å². The van der Waals surface area contributed by atoms with Gasteiger partial charge >= 0.3 is 0 Å². The molecule has 1 unspecified atom stereocenters. The largest absolute Gasteiger partial charge is 0.381 e. The van der Waals surface area contributed by atoms with Crippen molar-refractivity contribution in [2.75, 3.05) is 45.9 Å². The van der Waals surface area contributed by atoms with Gasteiger partial charge in [0.25, 0.3) is 0 Å². The van der Waals surface area contributed by atoms with Crippen LogP contribution < -0.4 is 5.32 Å². The summed E-state index contributed by atoms with van der Waals surface area (Å²) in [5.41, 5.74) is 3.00. The third kappa shape index (κ3) is 5.26. The minimum absolute atomic E-state index is 0.222. The van der Waals surface area contributed by atoms with Crippen LogP contribution >= 0.6 is 0 Å². The topological polar surface area (TPSA) is 27.7 Å². The van der Waals surface area contributed by atoms with Crippen molar-refractivity contribution < 1.29 is 4.74 Å². The Hall–Kier alpha value is -1.72. The lowest BCUT2D eigenvalue weighted by Crippen LogP contribution is -2.62. The normalized spacial score (nSPS) is 21.7. The van der Waals surface area contributed by atoms with Crippen LogP contribution in [0, 0.1) is 0 Å². The molecule has 2 aliphatic heterocycles. The van der Waals surface area contributed by atoms with Gasteiger partial charge in [0.15, 0.2) is 0 Å². The van der Waals surface area contributed by atoms with Gasteiger partial charge < -0.3 is 10.1 Å². The molecule has 4 nitrogen and oxygen atoms in total. The molecule has 0 saturated carbocycles. The summed E-state index contributed by atoms with van der Waals surface area (Å²) in [6, 6.07) is 22.0. The highest BCUT2D eigenvalue weighted by Crippen LogP contribution is 2.30. The number of rotatable bonds is 7. The Morgan fingerprint density at radius 2 is 1.52 bits per heavy atom. The first-order chi connectivity index (χ1) is 14.3. The van der Waals surface area contributed by atoms with E-state index in [0.717, 1.165) is 65.3 Å². The molecule has 4 heteroatoms. The molecule has 2 aromatic carbocycles. The fraction of sp³-hybridized carbons (Fsp3) is 0.520. The van der Waals surface area contributed by atoms with Crippen LogP contribution in [-0.2, 0) is 11.3 Å². The summed E-state index contributed by atoms with van der Waals surface area (Å²) in [6.07, 6.45) is 2.25. The minimum Gasteiger partial charge on any atom is -0.381 e. The van der Waals surface area contributed by atoms with E-state index in [9.17, 15) is 0 Å². The zero-order chi connectivity index (χ0) is 19.9. The van der Waals surface area contributed by atoms with Crippen molar-refractivity contribution in [3.8, 4) is 0 Å². The minimum atomic E-state index is 0.222. The van der Waals surface area contributed by atoms with E-state index < -0.39 is 0 Å². The van der Waals surface area contributed by atoms with E-state index in [1.807, 2.05) is 0 Å². The first-order valence-corrected chi connectivity index (χ1v) is 11.1. The fourth-order valence-electron chi connectivity index (χ4n) is 4.78. The van der Waals surface area contributed by atoms with Crippen molar-refractivity contribution in [3.05, 3.63) is 71.8 Å². The molecular weight excluding hydrogens is 358 g/mol. The molecule has 2 fully saturated rings. The summed E-state index contributed by atoms with van der Waals surface area (Å²) in [4.78, 5) is 5.35. The lowest BCUT2D eigenvalue weighted by Gasteiger charge is -2.50. The SMILES string of the molecule is CC(NCC1(N2CCN(Cc3ccccc3)CC2)CCOCC1)c1ccccc1. The van der Waals surface area contributed by atoms with Gasteiger partial charge in [0.2, 0.25) is 0 Å². The van der Waals surface area contributed by atoms with E-state index in [2.05, 4.69) is 82.7 Å². The summed E-state index contributed by atoms with van der Waals surface area (Å²) in [7, 11) is 0. The Labute approximate surface area is 175 Å². The molecule has 1 atom stereocenters. The molecule has 0 aromatic heterocycles. The predicted molar refractivity (Wildman–Crippen MR) is 119 cm³/mol. The van der Waals surface area contributed by atoms with Gasteiger partial charge in [-0.2, -0.15) is 0 Å². The number of hydrogen-bond donors (Lipinski definition) is 1. The molecule has 0 amide bonds. The Morgan fingerprint density at radius 3 is 2.17 bits per heavy atom. The Bertz CT molecular complexity index is 722. The smallest absolute Gasteiger partial charge is 0.0484 e. The van der Waals surface area contributed by atoms with Gasteiger partial charge in [-0.05, 0) is 30.9 Å². The zero-order valence-electron chi connectivity index (χ0n) is 17.7. The van der Waals surface area contributed by atoms with Gasteiger partial charge in [-0.25, -0.2) is 0 Å². The second-order valence-electron chi connectivity index (χ2n) is 8.60. The monoisotopic (exact) mass is 393 g/mol. The molecule has 156 valence electrons. The van der Waals surface area contributed by atoms with E-state index in [1.165, 1.54) is 11.1 Å². The first-order valence-electron chi connectivity index (χ1n) is 11.1. The molecule has 4 rings (SSSR count). The first kappa shape index (κ1) is 20.5. The average Bonchev–Trinajstić information content (AvgIpc) is 2.80. The van der Waals surface area contributed by atoms with Crippen molar-refractivity contribution >= 4 is 0 Å². The number of nitrogens with one attached hydrogen (secondary N) is 1. The molecule has 2 heterocycles. The van der Waals surface area contributed by atoms with Crippen molar-refractivity contribution in [1.29, 1.82) is 0 Å². The van der Waals surface area contributed by atoms with E-state index in [1.54, 1.807) is 0 Å². The van der Waals surface area contributed by atoms with Crippen molar-refractivity contribution in [3.63, 3.8) is 0 Å². The second-order valence-corrected chi connectivity index (χ2v) is 8.60. The lowest BCUT2D eigenvalue weighted by molar-refractivity contribution is -0.0481. The number of hydrogen-bond acceptors (Lipinski definition) is 4. The summed E-state index contributed by atoms with van der Waals surface area (Å²) in [6.45, 7) is 10.7. The number of benzene rings is 2. The van der Waals surface area contributed by atoms with E-state index in [4.69, 9.17) is 4.74 Å². The summed E-state index contributed by atoms with van der Waals surface area (Å²) >= 11 is 0. The molecule has 0 spiro atoms. The summed E-state index contributed by atoms with van der Waals surface area (Å²) in [5.74, 6) is 0. The van der Waals surface area contributed by atoms with Crippen molar-refractivity contribution in [2.45, 2.75) is 37.9 Å². The van der Waals surface area contributed by atoms with Gasteiger partial charge in [0.1, 0.15) is 0 Å². The van der Waals surface area contributed by atoms with Crippen LogP contribution in [0.1, 0.15) is 36.9 Å². The maximum atomic E-state index is 5.74. The number of nitrogens with zero attached hydrogens (tertiary/aromatic N) is 2. The standard InChI is InChI=1S/C25H35N3O/c1-22(24-10-6-3-7-11-24)26-21-25(12-18-29-19-13-25)28-16-14-27(15-17-28)20-23-8-4-2-5-9-23/h2-11,22,26H,12-21H2,1H3. The van der Waals surface area contributed by atoms with Crippen LogP contribution in [0.5, 0.6) is 0 Å². The lowest BCUT2D eigenvalue weighted by atomic mass is 9.86. The molecular formula is C25H35N3O. The van der Waals surface area contributed by atoms with Crippen LogP contribution in [-0.4, -0.2) is 61.3 Å². The van der Waals surface area contributed by atoms with Gasteiger partial charge in [0.05, 0.1) is 0 Å². The molecule has 2 aliphatic rings. The highest BCUT2D eigenvalue weighted by Gasteiger charge is 2.39. The van der Waals surface area contributed by atoms with E-state index in [0.29, 0.717) is 6.04 Å². The quantitative estimate of drug-likeness (QED) is 0.776. The Kier molecular flexibility index (Phi) is 6.98. The summed E-state index contributed by atoms with van der Waals surface area (Å²) in [5, 5.41) is 3.85. The molecule has 2 aromatic rings. The fourth-order valence-corrected chi connectivity index (χ4v) is 4.78. The highest BCUT2D eigenvalue weighted by atomic mass is 16.5. The summed E-state index contributed by atoms with van der Waals surface area (Å²) < 4.78 is 5.74.